The molecule has 0 saturated carbocycles. The minimum absolute atomic E-state index is 0.459. The summed E-state index contributed by atoms with van der Waals surface area (Å²) in [6.07, 6.45) is 3.17. The summed E-state index contributed by atoms with van der Waals surface area (Å²) in [6.45, 7) is 0. The third-order valence-electron chi connectivity index (χ3n) is 9.38. The Morgan fingerprint density at radius 2 is 1.21 bits per heavy atom. The Bertz CT molecular complexity index is 2790. The highest BCUT2D eigenvalue weighted by Crippen LogP contribution is 2.37. The standard InChI is InChI=1S/C42H26N4O/c1-2-10-27-22-28(17-16-25(27)8-1)40-44-41(33-14-7-15-38-39(33)36-24-43-21-20-37(36)47-38)46-42(45-40)35-23-34-29-11-4-3-9-26(29)18-19-32(34)30-12-5-6-13-31(30)35/h1-24,40H,(H,44,45,46). The lowest BCUT2D eigenvalue weighted by Gasteiger charge is -2.24. The molecule has 0 fully saturated rings. The molecule has 0 spiro atoms. The topological polar surface area (TPSA) is 62.8 Å². The number of aromatic nitrogens is 1. The van der Waals surface area contributed by atoms with Crippen LogP contribution in [-0.2, 0) is 0 Å². The number of amidine groups is 2. The number of rotatable bonds is 3. The molecule has 0 aliphatic carbocycles. The third-order valence-corrected chi connectivity index (χ3v) is 9.38. The summed E-state index contributed by atoms with van der Waals surface area (Å²) in [4.78, 5) is 15.1. The summed E-state index contributed by atoms with van der Waals surface area (Å²) in [5.41, 5.74) is 4.60. The first-order valence-electron chi connectivity index (χ1n) is 15.8. The van der Waals surface area contributed by atoms with Crippen LogP contribution in [0.15, 0.2) is 160 Å². The zero-order chi connectivity index (χ0) is 30.9. The van der Waals surface area contributed by atoms with Crippen molar-refractivity contribution in [3.05, 3.63) is 163 Å². The van der Waals surface area contributed by atoms with Gasteiger partial charge in [0.05, 0.1) is 0 Å². The highest BCUT2D eigenvalue weighted by Gasteiger charge is 2.25. The van der Waals surface area contributed by atoms with Crippen LogP contribution in [0.4, 0.5) is 0 Å². The number of hydrogen-bond donors (Lipinski definition) is 1. The average molecular weight is 603 g/mol. The zero-order valence-electron chi connectivity index (χ0n) is 25.2. The molecule has 2 aromatic heterocycles. The Labute approximate surface area is 269 Å². The summed E-state index contributed by atoms with van der Waals surface area (Å²) in [6, 6.07) is 46.9. The van der Waals surface area contributed by atoms with E-state index in [9.17, 15) is 0 Å². The molecule has 3 heterocycles. The first-order valence-corrected chi connectivity index (χ1v) is 15.8. The van der Waals surface area contributed by atoms with Gasteiger partial charge in [-0.25, -0.2) is 9.98 Å². The van der Waals surface area contributed by atoms with Gasteiger partial charge in [0.2, 0.25) is 0 Å². The van der Waals surface area contributed by atoms with Crippen LogP contribution in [0.25, 0.3) is 65.0 Å². The molecule has 7 aromatic carbocycles. The molecule has 0 bridgehead atoms. The van der Waals surface area contributed by atoms with E-state index in [0.717, 1.165) is 61.1 Å². The van der Waals surface area contributed by atoms with Crippen LogP contribution < -0.4 is 5.32 Å². The fourth-order valence-electron chi connectivity index (χ4n) is 7.17. The van der Waals surface area contributed by atoms with Crippen molar-refractivity contribution in [2.24, 2.45) is 9.98 Å². The fraction of sp³-hybridized carbons (Fsp3) is 0.0238. The lowest BCUT2D eigenvalue weighted by atomic mass is 9.93. The Kier molecular flexibility index (Phi) is 5.57. The number of benzene rings is 7. The molecule has 220 valence electrons. The molecule has 9 aromatic rings. The average Bonchev–Trinajstić information content (AvgIpc) is 3.53. The van der Waals surface area contributed by atoms with Crippen LogP contribution in [0.2, 0.25) is 0 Å². The Balaban J connectivity index is 1.24. The van der Waals surface area contributed by atoms with Gasteiger partial charge in [-0.1, -0.05) is 109 Å². The van der Waals surface area contributed by atoms with Crippen LogP contribution in [-0.4, -0.2) is 16.7 Å². The second kappa shape index (κ2) is 10.1. The van der Waals surface area contributed by atoms with Crippen LogP contribution in [0.1, 0.15) is 22.9 Å². The predicted molar refractivity (Wildman–Crippen MR) is 193 cm³/mol. The van der Waals surface area contributed by atoms with E-state index in [1.54, 1.807) is 6.20 Å². The number of fused-ring (bicyclic) bond motifs is 9. The molecule has 47 heavy (non-hydrogen) atoms. The fourth-order valence-corrected chi connectivity index (χ4v) is 7.17. The number of pyridine rings is 1. The van der Waals surface area contributed by atoms with Crippen molar-refractivity contribution >= 4 is 76.7 Å². The monoisotopic (exact) mass is 602 g/mol. The zero-order valence-corrected chi connectivity index (χ0v) is 25.2. The second-order valence-electron chi connectivity index (χ2n) is 12.1. The van der Waals surface area contributed by atoms with E-state index >= 15 is 0 Å². The summed E-state index contributed by atoms with van der Waals surface area (Å²) < 4.78 is 6.25. The molecular weight excluding hydrogens is 576 g/mol. The Hall–Kier alpha value is -6.33. The molecule has 0 amide bonds. The minimum atomic E-state index is -0.459. The van der Waals surface area contributed by atoms with E-state index in [1.165, 1.54) is 32.3 Å². The Morgan fingerprint density at radius 3 is 2.11 bits per heavy atom. The van der Waals surface area contributed by atoms with Crippen molar-refractivity contribution < 1.29 is 4.42 Å². The highest BCUT2D eigenvalue weighted by atomic mass is 16.3. The summed E-state index contributed by atoms with van der Waals surface area (Å²) in [5.74, 6) is 1.52. The molecule has 1 unspecified atom stereocenters. The molecule has 10 rings (SSSR count). The van der Waals surface area contributed by atoms with Crippen LogP contribution >= 0.6 is 0 Å². The number of hydrogen-bond acceptors (Lipinski definition) is 5. The van der Waals surface area contributed by atoms with Crippen LogP contribution in [0.5, 0.6) is 0 Å². The first-order chi connectivity index (χ1) is 23.3. The minimum Gasteiger partial charge on any atom is -0.456 e. The maximum Gasteiger partial charge on any atom is 0.169 e. The highest BCUT2D eigenvalue weighted by molar-refractivity contribution is 6.28. The van der Waals surface area contributed by atoms with E-state index in [-0.39, 0.29) is 0 Å². The molecule has 1 atom stereocenters. The van der Waals surface area contributed by atoms with E-state index in [2.05, 4.69) is 126 Å². The molecule has 1 N–H and O–H groups in total. The normalized spacial score (nSPS) is 15.0. The largest absolute Gasteiger partial charge is 0.456 e. The summed E-state index contributed by atoms with van der Waals surface area (Å²) in [5, 5.41) is 15.2. The molecule has 0 saturated heterocycles. The smallest absolute Gasteiger partial charge is 0.169 e. The van der Waals surface area contributed by atoms with Crippen molar-refractivity contribution in [2.75, 3.05) is 0 Å². The Morgan fingerprint density at radius 1 is 0.489 bits per heavy atom. The second-order valence-corrected chi connectivity index (χ2v) is 12.1. The van der Waals surface area contributed by atoms with Gasteiger partial charge >= 0.3 is 0 Å². The van der Waals surface area contributed by atoms with E-state index < -0.39 is 6.17 Å². The molecule has 5 heteroatoms. The lowest BCUT2D eigenvalue weighted by Crippen LogP contribution is -2.36. The van der Waals surface area contributed by atoms with Gasteiger partial charge in [-0.3, -0.25) is 4.98 Å². The van der Waals surface area contributed by atoms with Gasteiger partial charge < -0.3 is 9.73 Å². The summed E-state index contributed by atoms with van der Waals surface area (Å²) >= 11 is 0. The van der Waals surface area contributed by atoms with Gasteiger partial charge in [0.25, 0.3) is 0 Å². The predicted octanol–water partition coefficient (Wildman–Crippen LogP) is 10.1. The van der Waals surface area contributed by atoms with Gasteiger partial charge in [-0.15, -0.1) is 0 Å². The maximum atomic E-state index is 6.25. The van der Waals surface area contributed by atoms with Gasteiger partial charge in [0.15, 0.2) is 6.17 Å². The van der Waals surface area contributed by atoms with E-state index in [1.807, 2.05) is 24.4 Å². The number of nitrogens with one attached hydrogen (secondary N) is 1. The van der Waals surface area contributed by atoms with Gasteiger partial charge in [-0.05, 0) is 72.9 Å². The van der Waals surface area contributed by atoms with Gasteiger partial charge in [0, 0.05) is 34.3 Å². The van der Waals surface area contributed by atoms with Crippen molar-refractivity contribution in [3.63, 3.8) is 0 Å². The van der Waals surface area contributed by atoms with Crippen molar-refractivity contribution in [2.45, 2.75) is 6.17 Å². The number of aliphatic imine (C=N–C) groups is 2. The van der Waals surface area contributed by atoms with Gasteiger partial charge in [0.1, 0.15) is 22.8 Å². The van der Waals surface area contributed by atoms with E-state index in [0.29, 0.717) is 0 Å². The molecular formula is C42H26N4O. The summed E-state index contributed by atoms with van der Waals surface area (Å²) in [7, 11) is 0. The van der Waals surface area contributed by atoms with Crippen LogP contribution in [0.3, 0.4) is 0 Å². The molecule has 1 aliphatic rings. The molecule has 1 aliphatic heterocycles. The number of nitrogens with zero attached hydrogens (tertiary/aromatic N) is 3. The maximum absolute atomic E-state index is 6.25. The molecule has 0 radical (unpaired) electrons. The SMILES string of the molecule is c1ccc2cc(C3N=C(c4cc5c6ccccc6ccc5c5ccccc45)NC(c4cccc5oc6ccncc6c45)=N3)ccc2c1. The molecule has 5 nitrogen and oxygen atoms in total. The third kappa shape index (κ3) is 4.07. The van der Waals surface area contributed by atoms with Crippen molar-refractivity contribution in [1.82, 2.24) is 10.3 Å². The quantitative estimate of drug-likeness (QED) is 0.205. The van der Waals surface area contributed by atoms with Crippen LogP contribution in [0, 0.1) is 0 Å². The van der Waals surface area contributed by atoms with Crippen molar-refractivity contribution in [3.8, 4) is 0 Å². The van der Waals surface area contributed by atoms with E-state index in [4.69, 9.17) is 14.4 Å². The lowest BCUT2D eigenvalue weighted by molar-refractivity contribution is 0.668. The first kappa shape index (κ1) is 25.9. The van der Waals surface area contributed by atoms with Crippen molar-refractivity contribution in [1.29, 1.82) is 0 Å². The number of furan rings is 1. The van der Waals surface area contributed by atoms with Gasteiger partial charge in [-0.2, -0.15) is 0 Å².